The predicted molar refractivity (Wildman–Crippen MR) is 91.1 cm³/mol. The van der Waals surface area contributed by atoms with Crippen LogP contribution in [0.1, 0.15) is 37.7 Å². The number of nitrogens with two attached hydrogens (primary N) is 1. The van der Waals surface area contributed by atoms with E-state index < -0.39 is 6.61 Å². The van der Waals surface area contributed by atoms with Gasteiger partial charge in [-0.15, -0.1) is 0 Å². The van der Waals surface area contributed by atoms with E-state index in [4.69, 9.17) is 16.3 Å². The Morgan fingerprint density at radius 2 is 1.76 bits per heavy atom. The summed E-state index contributed by atoms with van der Waals surface area (Å²) in [5.74, 6) is 3.80. The van der Waals surface area contributed by atoms with Crippen LogP contribution >= 0.6 is 11.6 Å². The highest BCUT2D eigenvalue weighted by molar-refractivity contribution is 6.32. The van der Waals surface area contributed by atoms with Crippen molar-refractivity contribution in [1.29, 1.82) is 0 Å². The summed E-state index contributed by atoms with van der Waals surface area (Å²) in [6.45, 7) is -2.13. The maximum atomic E-state index is 12.5. The van der Waals surface area contributed by atoms with Gasteiger partial charge in [0.1, 0.15) is 6.54 Å². The highest BCUT2D eigenvalue weighted by Crippen LogP contribution is 2.52. The number of halogens is 3. The maximum Gasteiger partial charge on any atom is 0.387 e. The molecule has 4 aliphatic rings. The zero-order valence-electron chi connectivity index (χ0n) is 14.4. The molecule has 0 aliphatic heterocycles. The smallest absolute Gasteiger partial charge is 0.387 e. The van der Waals surface area contributed by atoms with Crippen LogP contribution in [0.25, 0.3) is 0 Å². The van der Waals surface area contributed by atoms with Gasteiger partial charge in [0.05, 0.1) is 18.2 Å². The Labute approximate surface area is 152 Å². The normalized spacial score (nSPS) is 33.1. The van der Waals surface area contributed by atoms with Gasteiger partial charge >= 0.3 is 6.61 Å². The summed E-state index contributed by atoms with van der Waals surface area (Å²) in [6, 6.07) is 4.17. The molecule has 0 aromatic heterocycles. The number of ether oxygens (including phenoxy) is 2. The molecule has 0 amide bonds. The van der Waals surface area contributed by atoms with Crippen LogP contribution in [0.4, 0.5) is 8.78 Å². The van der Waals surface area contributed by atoms with Crippen molar-refractivity contribution < 1.29 is 23.6 Å². The van der Waals surface area contributed by atoms with Crippen molar-refractivity contribution in [2.45, 2.75) is 51.3 Å². The summed E-state index contributed by atoms with van der Waals surface area (Å²) in [6.07, 6.45) is 7.01. The number of hydrogen-bond donors (Lipinski definition) is 1. The van der Waals surface area contributed by atoms with Crippen LogP contribution in [0.2, 0.25) is 5.02 Å². The molecular weight excluding hydrogens is 348 g/mol. The molecule has 0 atom stereocenters. The van der Waals surface area contributed by atoms with Gasteiger partial charge in [-0.2, -0.15) is 8.78 Å². The number of hydrogen-bond acceptors (Lipinski definition) is 2. The maximum absolute atomic E-state index is 12.5. The van der Waals surface area contributed by atoms with E-state index in [1.54, 1.807) is 12.1 Å². The van der Waals surface area contributed by atoms with Gasteiger partial charge in [0.25, 0.3) is 0 Å². The topological polar surface area (TPSA) is 35.1 Å². The van der Waals surface area contributed by atoms with Crippen LogP contribution in [0.15, 0.2) is 12.1 Å². The van der Waals surface area contributed by atoms with Gasteiger partial charge in [0.15, 0.2) is 11.5 Å². The van der Waals surface area contributed by atoms with Gasteiger partial charge in [-0.25, -0.2) is 0 Å². The second kappa shape index (κ2) is 6.92. The van der Waals surface area contributed by atoms with Crippen molar-refractivity contribution >= 4 is 11.6 Å². The summed E-state index contributed by atoms with van der Waals surface area (Å²) < 4.78 is 34.8. The Bertz CT molecular complexity index is 612. The van der Waals surface area contributed by atoms with Crippen LogP contribution in [0.5, 0.6) is 11.5 Å². The predicted octanol–water partition coefficient (Wildman–Crippen LogP) is 3.84. The van der Waals surface area contributed by atoms with Gasteiger partial charge < -0.3 is 14.8 Å². The SMILES string of the molecule is COc1cc(C[NH2+]C2C3CC4CC(C3)CC2C4)cc(Cl)c1OC(F)F. The lowest BCUT2D eigenvalue weighted by Gasteiger charge is -2.52. The summed E-state index contributed by atoms with van der Waals surface area (Å²) in [5.41, 5.74) is 0.984. The van der Waals surface area contributed by atoms with Crippen molar-refractivity contribution in [3.05, 3.63) is 22.7 Å². The number of rotatable bonds is 6. The van der Waals surface area contributed by atoms with E-state index in [2.05, 4.69) is 10.1 Å². The second-order valence-electron chi connectivity index (χ2n) is 7.94. The zero-order valence-corrected chi connectivity index (χ0v) is 15.1. The Morgan fingerprint density at radius 1 is 1.12 bits per heavy atom. The van der Waals surface area contributed by atoms with Gasteiger partial charge in [-0.05, 0) is 56.1 Å². The average molecular weight is 373 g/mol. The molecule has 4 fully saturated rings. The minimum absolute atomic E-state index is 0.0856. The van der Waals surface area contributed by atoms with E-state index in [0.29, 0.717) is 6.04 Å². The average Bonchev–Trinajstić information content (AvgIpc) is 2.55. The molecule has 4 bridgehead atoms. The molecule has 138 valence electrons. The minimum atomic E-state index is -2.92. The van der Waals surface area contributed by atoms with E-state index in [-0.39, 0.29) is 16.5 Å². The molecule has 4 saturated carbocycles. The van der Waals surface area contributed by atoms with E-state index in [1.807, 2.05) is 0 Å². The first-order chi connectivity index (χ1) is 12.0. The Balaban J connectivity index is 1.45. The van der Waals surface area contributed by atoms with Crippen LogP contribution in [-0.4, -0.2) is 19.8 Å². The summed E-state index contributed by atoms with van der Waals surface area (Å²) in [4.78, 5) is 0. The summed E-state index contributed by atoms with van der Waals surface area (Å²) in [5, 5.41) is 2.61. The van der Waals surface area contributed by atoms with Gasteiger partial charge in [0.2, 0.25) is 0 Å². The van der Waals surface area contributed by atoms with Gasteiger partial charge in [-0.3, -0.25) is 0 Å². The molecule has 0 saturated heterocycles. The molecule has 1 aromatic carbocycles. The molecule has 4 aliphatic carbocycles. The molecule has 3 nitrogen and oxygen atoms in total. The standard InChI is InChI=1S/C19H24ClF2NO2/c1-24-16-8-12(7-15(20)18(16)25-19(21)22)9-23-17-13-3-10-2-11(5-13)6-14(17)4-10/h7-8,10-11,13-14,17,19,23H,2-6,9H2,1H3/p+1. The van der Waals surface area contributed by atoms with E-state index in [0.717, 1.165) is 35.8 Å². The number of benzene rings is 1. The molecule has 5 rings (SSSR count). The third kappa shape index (κ3) is 3.45. The third-order valence-corrected chi connectivity index (χ3v) is 6.70. The molecule has 6 heteroatoms. The molecule has 25 heavy (non-hydrogen) atoms. The Morgan fingerprint density at radius 3 is 2.32 bits per heavy atom. The lowest BCUT2D eigenvalue weighted by Crippen LogP contribution is -2.93. The van der Waals surface area contributed by atoms with Crippen molar-refractivity contribution in [1.82, 2.24) is 0 Å². The zero-order chi connectivity index (χ0) is 17.6. The van der Waals surface area contributed by atoms with Crippen LogP contribution in [-0.2, 0) is 6.54 Å². The molecule has 1 aromatic rings. The van der Waals surface area contributed by atoms with E-state index >= 15 is 0 Å². The molecule has 0 heterocycles. The first-order valence-electron chi connectivity index (χ1n) is 9.18. The molecule has 2 N–H and O–H groups in total. The Kier molecular flexibility index (Phi) is 4.80. The molecule has 0 spiro atoms. The minimum Gasteiger partial charge on any atom is -0.493 e. The molecule has 0 unspecified atom stereocenters. The van der Waals surface area contributed by atoms with Gasteiger partial charge in [0, 0.05) is 17.4 Å². The number of alkyl halides is 2. The molecule has 0 radical (unpaired) electrons. The van der Waals surface area contributed by atoms with Crippen LogP contribution < -0.4 is 14.8 Å². The van der Waals surface area contributed by atoms with Crippen LogP contribution in [0.3, 0.4) is 0 Å². The fraction of sp³-hybridized carbons (Fsp3) is 0.684. The first-order valence-corrected chi connectivity index (χ1v) is 9.55. The fourth-order valence-corrected chi connectivity index (χ4v) is 6.00. The Hall–Kier alpha value is -1.07. The quantitative estimate of drug-likeness (QED) is 0.823. The fourth-order valence-electron chi connectivity index (χ4n) is 5.72. The van der Waals surface area contributed by atoms with Crippen molar-refractivity contribution in [3.63, 3.8) is 0 Å². The summed E-state index contributed by atoms with van der Waals surface area (Å²) >= 11 is 6.15. The first kappa shape index (κ1) is 17.3. The lowest BCUT2D eigenvalue weighted by atomic mass is 9.54. The van der Waals surface area contributed by atoms with Crippen LogP contribution in [0, 0.1) is 23.7 Å². The number of methoxy groups -OCH3 is 1. The summed E-state index contributed by atoms with van der Waals surface area (Å²) in [7, 11) is 1.44. The monoisotopic (exact) mass is 372 g/mol. The van der Waals surface area contributed by atoms with Crippen molar-refractivity contribution in [2.75, 3.05) is 7.11 Å². The second-order valence-corrected chi connectivity index (χ2v) is 8.34. The highest BCUT2D eigenvalue weighted by atomic mass is 35.5. The van der Waals surface area contributed by atoms with Crippen molar-refractivity contribution in [3.8, 4) is 11.5 Å². The highest BCUT2D eigenvalue weighted by Gasteiger charge is 2.50. The van der Waals surface area contributed by atoms with Crippen molar-refractivity contribution in [2.24, 2.45) is 23.7 Å². The number of quaternary nitrogens is 1. The molecular formula is C19H25ClF2NO2+. The van der Waals surface area contributed by atoms with E-state index in [1.165, 1.54) is 39.2 Å². The van der Waals surface area contributed by atoms with E-state index in [9.17, 15) is 8.78 Å². The largest absolute Gasteiger partial charge is 0.493 e. The van der Waals surface area contributed by atoms with Gasteiger partial charge in [-0.1, -0.05) is 11.6 Å². The lowest BCUT2D eigenvalue weighted by molar-refractivity contribution is -0.723. The third-order valence-electron chi connectivity index (χ3n) is 6.42.